The summed E-state index contributed by atoms with van der Waals surface area (Å²) in [5, 5.41) is 0.550. The van der Waals surface area contributed by atoms with Crippen LogP contribution in [-0.2, 0) is 6.61 Å². The SMILES string of the molecule is CN(CC1CC1)C(=O)c1ccc(COc2ccccc2Cl)o1. The molecule has 0 atom stereocenters. The van der Waals surface area contributed by atoms with Crippen LogP contribution in [0.25, 0.3) is 0 Å². The van der Waals surface area contributed by atoms with E-state index >= 15 is 0 Å². The van der Waals surface area contributed by atoms with E-state index in [0.717, 1.165) is 6.54 Å². The van der Waals surface area contributed by atoms with Gasteiger partial charge in [0.1, 0.15) is 18.1 Å². The maximum atomic E-state index is 12.2. The van der Waals surface area contributed by atoms with E-state index in [1.54, 1.807) is 29.2 Å². The molecule has 0 unspecified atom stereocenters. The molecule has 0 saturated heterocycles. The first-order valence-electron chi connectivity index (χ1n) is 7.35. The molecule has 0 bridgehead atoms. The van der Waals surface area contributed by atoms with E-state index < -0.39 is 0 Å². The Labute approximate surface area is 134 Å². The van der Waals surface area contributed by atoms with Crippen molar-refractivity contribution in [3.8, 4) is 5.75 Å². The van der Waals surface area contributed by atoms with Gasteiger partial charge in [-0.05, 0) is 43.0 Å². The largest absolute Gasteiger partial charge is 0.484 e. The number of para-hydroxylation sites is 1. The summed E-state index contributed by atoms with van der Waals surface area (Å²) >= 11 is 6.03. The summed E-state index contributed by atoms with van der Waals surface area (Å²) in [5.41, 5.74) is 0. The van der Waals surface area contributed by atoms with Crippen LogP contribution in [0.3, 0.4) is 0 Å². The van der Waals surface area contributed by atoms with Gasteiger partial charge in [-0.25, -0.2) is 0 Å². The third-order valence-electron chi connectivity index (χ3n) is 3.65. The van der Waals surface area contributed by atoms with Gasteiger partial charge < -0.3 is 14.1 Å². The first kappa shape index (κ1) is 15.0. The molecule has 1 heterocycles. The first-order valence-corrected chi connectivity index (χ1v) is 7.73. The fourth-order valence-corrected chi connectivity index (χ4v) is 2.43. The zero-order valence-corrected chi connectivity index (χ0v) is 13.2. The van der Waals surface area contributed by atoms with E-state index in [9.17, 15) is 4.79 Å². The smallest absolute Gasteiger partial charge is 0.289 e. The number of halogens is 1. The molecule has 0 N–H and O–H groups in total. The molecule has 3 rings (SSSR count). The number of hydrogen-bond donors (Lipinski definition) is 0. The molecule has 0 spiro atoms. The minimum Gasteiger partial charge on any atom is -0.484 e. The summed E-state index contributed by atoms with van der Waals surface area (Å²) in [5.74, 6) is 2.12. The minimum absolute atomic E-state index is 0.0871. The van der Waals surface area contributed by atoms with Gasteiger partial charge in [0.05, 0.1) is 5.02 Å². The molecule has 0 aliphatic heterocycles. The monoisotopic (exact) mass is 319 g/mol. The number of ether oxygens (including phenoxy) is 1. The number of rotatable bonds is 6. The lowest BCUT2D eigenvalue weighted by Crippen LogP contribution is -2.28. The maximum absolute atomic E-state index is 12.2. The number of furan rings is 1. The van der Waals surface area contributed by atoms with Crippen LogP contribution < -0.4 is 4.74 Å². The lowest BCUT2D eigenvalue weighted by molar-refractivity contribution is 0.0753. The van der Waals surface area contributed by atoms with Gasteiger partial charge in [0.25, 0.3) is 5.91 Å². The highest BCUT2D eigenvalue weighted by atomic mass is 35.5. The summed E-state index contributed by atoms with van der Waals surface area (Å²) in [7, 11) is 1.81. The molecule has 4 nitrogen and oxygen atoms in total. The zero-order chi connectivity index (χ0) is 15.5. The van der Waals surface area contributed by atoms with Crippen molar-refractivity contribution in [3.05, 3.63) is 52.9 Å². The van der Waals surface area contributed by atoms with Crippen LogP contribution in [-0.4, -0.2) is 24.4 Å². The Kier molecular flexibility index (Phi) is 4.39. The Morgan fingerprint density at radius 1 is 1.32 bits per heavy atom. The van der Waals surface area contributed by atoms with Gasteiger partial charge in [0.15, 0.2) is 5.76 Å². The summed E-state index contributed by atoms with van der Waals surface area (Å²) in [6, 6.07) is 10.7. The quantitative estimate of drug-likeness (QED) is 0.808. The third kappa shape index (κ3) is 3.63. The third-order valence-corrected chi connectivity index (χ3v) is 3.97. The van der Waals surface area contributed by atoms with Crippen LogP contribution >= 0.6 is 11.6 Å². The number of carbonyl (C=O) groups excluding carboxylic acids is 1. The molecular weight excluding hydrogens is 302 g/mol. The molecule has 2 aromatic rings. The molecule has 1 amide bonds. The average Bonchev–Trinajstić information content (AvgIpc) is 3.20. The lowest BCUT2D eigenvalue weighted by Gasteiger charge is -2.14. The summed E-state index contributed by atoms with van der Waals surface area (Å²) in [4.78, 5) is 13.9. The van der Waals surface area contributed by atoms with E-state index in [2.05, 4.69) is 0 Å². The van der Waals surface area contributed by atoms with E-state index in [1.807, 2.05) is 19.2 Å². The van der Waals surface area contributed by atoms with Gasteiger partial charge in [-0.15, -0.1) is 0 Å². The molecular formula is C17H18ClNO3. The highest BCUT2D eigenvalue weighted by molar-refractivity contribution is 6.32. The lowest BCUT2D eigenvalue weighted by atomic mass is 10.3. The van der Waals surface area contributed by atoms with Crippen LogP contribution in [0.5, 0.6) is 5.75 Å². The Balaban J connectivity index is 1.58. The Hall–Kier alpha value is -1.94. The van der Waals surface area contributed by atoms with Crippen LogP contribution in [0.2, 0.25) is 5.02 Å². The number of carbonyl (C=O) groups is 1. The molecule has 1 aliphatic carbocycles. The number of benzene rings is 1. The molecule has 5 heteroatoms. The second-order valence-electron chi connectivity index (χ2n) is 5.61. The second-order valence-corrected chi connectivity index (χ2v) is 6.02. The van der Waals surface area contributed by atoms with Crippen LogP contribution in [0.15, 0.2) is 40.8 Å². The Morgan fingerprint density at radius 2 is 2.09 bits per heavy atom. The van der Waals surface area contributed by atoms with Gasteiger partial charge in [0, 0.05) is 13.6 Å². The van der Waals surface area contributed by atoms with Crippen molar-refractivity contribution in [3.63, 3.8) is 0 Å². The molecule has 22 heavy (non-hydrogen) atoms. The highest BCUT2D eigenvalue weighted by Gasteiger charge is 2.26. The van der Waals surface area contributed by atoms with Gasteiger partial charge in [-0.2, -0.15) is 0 Å². The summed E-state index contributed by atoms with van der Waals surface area (Å²) in [6.07, 6.45) is 2.43. The van der Waals surface area contributed by atoms with E-state index in [-0.39, 0.29) is 12.5 Å². The van der Waals surface area contributed by atoms with Crippen molar-refractivity contribution in [2.45, 2.75) is 19.4 Å². The van der Waals surface area contributed by atoms with Crippen molar-refractivity contribution in [2.75, 3.05) is 13.6 Å². The normalized spacial score (nSPS) is 13.9. The number of hydrogen-bond acceptors (Lipinski definition) is 3. The van der Waals surface area contributed by atoms with Crippen molar-refractivity contribution in [1.29, 1.82) is 0 Å². The van der Waals surface area contributed by atoms with Crippen LogP contribution in [0, 0.1) is 5.92 Å². The minimum atomic E-state index is -0.0871. The molecule has 1 aromatic heterocycles. The van der Waals surface area contributed by atoms with E-state index in [4.69, 9.17) is 20.8 Å². The molecule has 1 aromatic carbocycles. The van der Waals surface area contributed by atoms with Gasteiger partial charge >= 0.3 is 0 Å². The standard InChI is InChI=1S/C17H18ClNO3/c1-19(10-12-6-7-12)17(20)16-9-8-13(22-16)11-21-15-5-3-2-4-14(15)18/h2-5,8-9,12H,6-7,10-11H2,1H3. The van der Waals surface area contributed by atoms with Crippen molar-refractivity contribution in [1.82, 2.24) is 4.90 Å². The fourth-order valence-electron chi connectivity index (χ4n) is 2.24. The Bertz CT molecular complexity index is 663. The van der Waals surface area contributed by atoms with Crippen molar-refractivity contribution < 1.29 is 13.9 Å². The highest BCUT2D eigenvalue weighted by Crippen LogP contribution is 2.30. The van der Waals surface area contributed by atoms with Crippen LogP contribution in [0.1, 0.15) is 29.2 Å². The zero-order valence-electron chi connectivity index (χ0n) is 12.4. The molecule has 1 fully saturated rings. The predicted molar refractivity (Wildman–Crippen MR) is 84.2 cm³/mol. The maximum Gasteiger partial charge on any atom is 0.289 e. The molecule has 1 saturated carbocycles. The predicted octanol–water partition coefficient (Wildman–Crippen LogP) is 3.99. The molecule has 1 aliphatic rings. The van der Waals surface area contributed by atoms with E-state index in [0.29, 0.717) is 28.2 Å². The number of nitrogens with zero attached hydrogens (tertiary/aromatic N) is 1. The topological polar surface area (TPSA) is 42.7 Å². The van der Waals surface area contributed by atoms with Gasteiger partial charge in [-0.1, -0.05) is 23.7 Å². The summed E-state index contributed by atoms with van der Waals surface area (Å²) < 4.78 is 11.2. The van der Waals surface area contributed by atoms with Gasteiger partial charge in [-0.3, -0.25) is 4.79 Å². The molecule has 0 radical (unpaired) electrons. The van der Waals surface area contributed by atoms with Crippen molar-refractivity contribution in [2.24, 2.45) is 5.92 Å². The van der Waals surface area contributed by atoms with E-state index in [1.165, 1.54) is 12.8 Å². The van der Waals surface area contributed by atoms with Gasteiger partial charge in [0.2, 0.25) is 0 Å². The number of amides is 1. The molecule has 116 valence electrons. The van der Waals surface area contributed by atoms with Crippen LogP contribution in [0.4, 0.5) is 0 Å². The average molecular weight is 320 g/mol. The Morgan fingerprint density at radius 3 is 2.82 bits per heavy atom. The fraction of sp³-hybridized carbons (Fsp3) is 0.353. The van der Waals surface area contributed by atoms with Crippen molar-refractivity contribution >= 4 is 17.5 Å². The second kappa shape index (κ2) is 6.44. The first-order chi connectivity index (χ1) is 10.6. The summed E-state index contributed by atoms with van der Waals surface area (Å²) in [6.45, 7) is 1.04.